The Morgan fingerprint density at radius 3 is 2.55 bits per heavy atom. The van der Waals surface area contributed by atoms with Crippen LogP contribution in [0.25, 0.3) is 16.7 Å². The Kier molecular flexibility index (Phi) is 4.85. The predicted octanol–water partition coefficient (Wildman–Crippen LogP) is 4.32. The highest BCUT2D eigenvalue weighted by molar-refractivity contribution is 6.17. The molecule has 2 aliphatic rings. The number of carbonyl (C=O) groups excluding carboxylic acids is 2. The van der Waals surface area contributed by atoms with Crippen LogP contribution in [0.1, 0.15) is 42.1 Å². The first-order chi connectivity index (χ1) is 14.0. The lowest BCUT2D eigenvalue weighted by atomic mass is 9.87. The van der Waals surface area contributed by atoms with E-state index in [1.54, 1.807) is 13.1 Å². The number of aromatic nitrogens is 1. The SMILES string of the molecule is CCOC(=O)C1=CN(C2CC2)c2c(ccc(-c3cnc(C)cc3C)c2C)C1=C=O. The van der Waals surface area contributed by atoms with Crippen LogP contribution in [-0.2, 0) is 14.3 Å². The molecule has 5 nitrogen and oxygen atoms in total. The Bertz CT molecular complexity index is 1090. The lowest BCUT2D eigenvalue weighted by Gasteiger charge is -2.32. The summed E-state index contributed by atoms with van der Waals surface area (Å²) in [5.74, 6) is 1.51. The number of carbonyl (C=O) groups is 1. The zero-order valence-electron chi connectivity index (χ0n) is 17.2. The van der Waals surface area contributed by atoms with Gasteiger partial charge >= 0.3 is 5.97 Å². The molecule has 1 aromatic carbocycles. The lowest BCUT2D eigenvalue weighted by molar-refractivity contribution is -0.138. The number of fused-ring (bicyclic) bond motifs is 1. The van der Waals surface area contributed by atoms with E-state index in [1.165, 1.54) is 0 Å². The van der Waals surface area contributed by atoms with E-state index < -0.39 is 5.97 Å². The number of nitrogens with zero attached hydrogens (tertiary/aromatic N) is 2. The minimum Gasteiger partial charge on any atom is -0.462 e. The second-order valence-electron chi connectivity index (χ2n) is 7.65. The van der Waals surface area contributed by atoms with Crippen LogP contribution in [0.4, 0.5) is 5.69 Å². The van der Waals surface area contributed by atoms with Gasteiger partial charge in [-0.25, -0.2) is 9.59 Å². The van der Waals surface area contributed by atoms with Gasteiger partial charge in [0.15, 0.2) is 0 Å². The van der Waals surface area contributed by atoms with Gasteiger partial charge in [0.05, 0.1) is 23.4 Å². The van der Waals surface area contributed by atoms with E-state index in [-0.39, 0.29) is 17.8 Å². The topological polar surface area (TPSA) is 59.5 Å². The van der Waals surface area contributed by atoms with Crippen molar-refractivity contribution in [3.05, 3.63) is 58.6 Å². The lowest BCUT2D eigenvalue weighted by Crippen LogP contribution is -2.28. The Labute approximate surface area is 170 Å². The maximum absolute atomic E-state index is 12.5. The Morgan fingerprint density at radius 2 is 1.93 bits per heavy atom. The summed E-state index contributed by atoms with van der Waals surface area (Å²) in [7, 11) is 0. The molecular formula is C24H24N2O3. The molecular weight excluding hydrogens is 364 g/mol. The molecule has 4 rings (SSSR count). The summed E-state index contributed by atoms with van der Waals surface area (Å²) in [5.41, 5.74) is 7.60. The fourth-order valence-corrected chi connectivity index (χ4v) is 4.03. The van der Waals surface area contributed by atoms with Crippen LogP contribution < -0.4 is 4.90 Å². The number of pyridine rings is 1. The van der Waals surface area contributed by atoms with Crippen molar-refractivity contribution < 1.29 is 14.3 Å². The van der Waals surface area contributed by atoms with Crippen LogP contribution in [0.5, 0.6) is 0 Å². The molecule has 148 valence electrons. The van der Waals surface area contributed by atoms with E-state index >= 15 is 0 Å². The predicted molar refractivity (Wildman–Crippen MR) is 113 cm³/mol. The molecule has 0 N–H and O–H groups in total. The first-order valence-corrected chi connectivity index (χ1v) is 9.96. The number of anilines is 1. The molecule has 1 saturated carbocycles. The van der Waals surface area contributed by atoms with Gasteiger partial charge in [0.25, 0.3) is 0 Å². The largest absolute Gasteiger partial charge is 0.462 e. The van der Waals surface area contributed by atoms with E-state index in [1.807, 2.05) is 31.2 Å². The zero-order chi connectivity index (χ0) is 20.7. The highest BCUT2D eigenvalue weighted by atomic mass is 16.5. The third kappa shape index (κ3) is 3.28. The van der Waals surface area contributed by atoms with Crippen molar-refractivity contribution in [3.8, 4) is 11.1 Å². The summed E-state index contributed by atoms with van der Waals surface area (Å²) in [6.45, 7) is 8.14. The number of esters is 1. The molecule has 5 heteroatoms. The van der Waals surface area contributed by atoms with E-state index in [4.69, 9.17) is 4.74 Å². The summed E-state index contributed by atoms with van der Waals surface area (Å²) in [6, 6.07) is 6.32. The monoisotopic (exact) mass is 388 g/mol. The van der Waals surface area contributed by atoms with E-state index in [9.17, 15) is 9.59 Å². The van der Waals surface area contributed by atoms with Crippen molar-refractivity contribution in [2.75, 3.05) is 11.5 Å². The van der Waals surface area contributed by atoms with Gasteiger partial charge in [0.2, 0.25) is 0 Å². The van der Waals surface area contributed by atoms with Crippen LogP contribution in [0, 0.1) is 20.8 Å². The average molecular weight is 388 g/mol. The molecule has 0 unspecified atom stereocenters. The zero-order valence-corrected chi connectivity index (χ0v) is 17.2. The number of ether oxygens (including phenoxy) is 1. The van der Waals surface area contributed by atoms with Crippen LogP contribution in [0.15, 0.2) is 36.2 Å². The number of hydrogen-bond donors (Lipinski definition) is 0. The first-order valence-electron chi connectivity index (χ1n) is 9.96. The fraction of sp³-hybridized carbons (Fsp3) is 0.333. The number of aryl methyl sites for hydroxylation is 2. The van der Waals surface area contributed by atoms with Gasteiger partial charge in [-0.2, -0.15) is 0 Å². The molecule has 1 aliphatic carbocycles. The van der Waals surface area contributed by atoms with Crippen LogP contribution in [0.2, 0.25) is 0 Å². The number of rotatable bonds is 4. The van der Waals surface area contributed by atoms with Crippen LogP contribution >= 0.6 is 0 Å². The van der Waals surface area contributed by atoms with Gasteiger partial charge in [-0.3, -0.25) is 4.98 Å². The Hall–Kier alpha value is -3.17. The third-order valence-corrected chi connectivity index (χ3v) is 5.57. The minimum absolute atomic E-state index is 0.260. The molecule has 0 bridgehead atoms. The van der Waals surface area contributed by atoms with Crippen molar-refractivity contribution in [2.24, 2.45) is 0 Å². The van der Waals surface area contributed by atoms with Crippen molar-refractivity contribution in [1.29, 1.82) is 0 Å². The second kappa shape index (κ2) is 7.34. The third-order valence-electron chi connectivity index (χ3n) is 5.57. The normalized spacial score (nSPS) is 15.5. The van der Waals surface area contributed by atoms with Gasteiger partial charge in [-0.1, -0.05) is 12.1 Å². The van der Waals surface area contributed by atoms with Crippen molar-refractivity contribution >= 4 is 23.2 Å². The molecule has 1 aliphatic heterocycles. The number of hydrogen-bond acceptors (Lipinski definition) is 5. The second-order valence-corrected chi connectivity index (χ2v) is 7.65. The molecule has 2 aromatic rings. The number of benzene rings is 1. The van der Waals surface area contributed by atoms with Gasteiger partial charge in [0.1, 0.15) is 5.94 Å². The van der Waals surface area contributed by atoms with E-state index in [2.05, 4.69) is 29.8 Å². The highest BCUT2D eigenvalue weighted by Crippen LogP contribution is 2.46. The molecule has 0 spiro atoms. The molecule has 0 atom stereocenters. The molecule has 0 saturated heterocycles. The van der Waals surface area contributed by atoms with Gasteiger partial charge in [0, 0.05) is 35.3 Å². The van der Waals surface area contributed by atoms with Crippen molar-refractivity contribution in [2.45, 2.75) is 46.6 Å². The summed E-state index contributed by atoms with van der Waals surface area (Å²) < 4.78 is 5.19. The average Bonchev–Trinajstić information content (AvgIpc) is 3.53. The van der Waals surface area contributed by atoms with Gasteiger partial charge in [-0.15, -0.1) is 0 Å². The summed E-state index contributed by atoms with van der Waals surface area (Å²) >= 11 is 0. The van der Waals surface area contributed by atoms with Crippen LogP contribution in [-0.4, -0.2) is 29.5 Å². The van der Waals surface area contributed by atoms with E-state index in [0.29, 0.717) is 6.04 Å². The molecule has 0 amide bonds. The summed E-state index contributed by atoms with van der Waals surface area (Å²) in [6.07, 6.45) is 5.79. The minimum atomic E-state index is -0.484. The van der Waals surface area contributed by atoms with Gasteiger partial charge in [-0.05, 0) is 63.3 Å². The first kappa shape index (κ1) is 19.2. The molecule has 2 heterocycles. The molecule has 1 fully saturated rings. The Morgan fingerprint density at radius 1 is 1.21 bits per heavy atom. The highest BCUT2D eigenvalue weighted by Gasteiger charge is 2.37. The van der Waals surface area contributed by atoms with E-state index in [0.717, 1.165) is 52.0 Å². The standard InChI is InChI=1S/C24H24N2O3/c1-5-29-24(28)21-12-26(17-6-7-17)23-16(4)18(8-9-19(23)22(21)13-27)20-11-25-15(3)10-14(20)2/h8-12,17H,5-7H2,1-4H3. The molecule has 0 radical (unpaired) electrons. The molecule has 1 aromatic heterocycles. The maximum Gasteiger partial charge on any atom is 0.341 e. The molecule has 29 heavy (non-hydrogen) atoms. The van der Waals surface area contributed by atoms with Crippen LogP contribution in [0.3, 0.4) is 0 Å². The summed E-state index contributed by atoms with van der Waals surface area (Å²) in [5, 5.41) is 0. The maximum atomic E-state index is 12.5. The quantitative estimate of drug-likeness (QED) is 0.577. The van der Waals surface area contributed by atoms with Crippen molar-refractivity contribution in [3.63, 3.8) is 0 Å². The Balaban J connectivity index is 1.91. The van der Waals surface area contributed by atoms with Crippen molar-refractivity contribution in [1.82, 2.24) is 4.98 Å². The smallest absolute Gasteiger partial charge is 0.341 e. The summed E-state index contributed by atoms with van der Waals surface area (Å²) in [4.78, 5) is 30.9. The fourth-order valence-electron chi connectivity index (χ4n) is 4.03. The van der Waals surface area contributed by atoms with Gasteiger partial charge < -0.3 is 9.64 Å².